The molecule has 3 aromatic carbocycles. The van der Waals surface area contributed by atoms with Gasteiger partial charge in [-0.3, -0.25) is 4.79 Å². The van der Waals surface area contributed by atoms with E-state index in [1.165, 1.54) is 12.1 Å². The number of aromatic nitrogens is 1. The van der Waals surface area contributed by atoms with E-state index in [9.17, 15) is 19.8 Å². The number of aliphatic imine (C=N–C) groups is 1. The van der Waals surface area contributed by atoms with Crippen molar-refractivity contribution in [2.24, 2.45) is 4.99 Å². The Morgan fingerprint density at radius 3 is 2.54 bits per heavy atom. The number of hydrogen-bond donors (Lipinski definition) is 3. The van der Waals surface area contributed by atoms with E-state index < -0.39 is 5.97 Å². The molecule has 4 aromatic rings. The van der Waals surface area contributed by atoms with Gasteiger partial charge in [0.2, 0.25) is 0 Å². The zero-order valence-corrected chi connectivity index (χ0v) is 20.7. The lowest BCUT2D eigenvalue weighted by atomic mass is 10.00. The molecule has 37 heavy (non-hydrogen) atoms. The summed E-state index contributed by atoms with van der Waals surface area (Å²) in [4.78, 5) is 35.7. The molecule has 0 aliphatic carbocycles. The second-order valence-corrected chi connectivity index (χ2v) is 9.50. The lowest BCUT2D eigenvalue weighted by Crippen LogP contribution is -2.33. The molecule has 0 saturated carbocycles. The lowest BCUT2D eigenvalue weighted by molar-refractivity contribution is -0.118. The molecule has 0 unspecified atom stereocenters. The van der Waals surface area contributed by atoms with Gasteiger partial charge in [-0.1, -0.05) is 36.4 Å². The fourth-order valence-corrected chi connectivity index (χ4v) is 4.85. The number of likely N-dealkylation sites (N-methyl/N-ethyl adjacent to an activating group) is 1. The Balaban J connectivity index is 1.55. The van der Waals surface area contributed by atoms with Crippen LogP contribution < -0.4 is 4.90 Å². The highest BCUT2D eigenvalue weighted by Crippen LogP contribution is 2.35. The molecule has 3 N–H and O–H groups in total. The van der Waals surface area contributed by atoms with E-state index in [2.05, 4.69) is 9.88 Å². The minimum Gasteiger partial charge on any atom is -0.494 e. The van der Waals surface area contributed by atoms with E-state index in [-0.39, 0.29) is 17.2 Å². The minimum absolute atomic E-state index is 0.0770. The number of carboxylic acid groups (broad SMARTS) is 1. The maximum absolute atomic E-state index is 12.4. The number of H-pyrrole nitrogens is 1. The molecule has 2 heterocycles. The largest absolute Gasteiger partial charge is 0.494 e. The van der Waals surface area contributed by atoms with Gasteiger partial charge in [0, 0.05) is 28.7 Å². The van der Waals surface area contributed by atoms with E-state index >= 15 is 0 Å². The van der Waals surface area contributed by atoms with Gasteiger partial charge in [0.15, 0.2) is 11.7 Å². The van der Waals surface area contributed by atoms with E-state index in [0.29, 0.717) is 35.3 Å². The average Bonchev–Trinajstić information content (AvgIpc) is 3.41. The van der Waals surface area contributed by atoms with Gasteiger partial charge >= 0.3 is 5.97 Å². The summed E-state index contributed by atoms with van der Waals surface area (Å²) in [5.41, 5.74) is 5.45. The van der Waals surface area contributed by atoms with Crippen LogP contribution in [-0.2, 0) is 11.2 Å². The second-order valence-electron chi connectivity index (χ2n) is 9.50. The molecule has 188 valence electrons. The molecule has 0 bridgehead atoms. The molecular formula is C29H28N4O4. The van der Waals surface area contributed by atoms with Gasteiger partial charge in [-0.05, 0) is 56.4 Å². The molecule has 8 nitrogen and oxygen atoms in total. The number of benzene rings is 3. The fourth-order valence-electron chi connectivity index (χ4n) is 4.85. The average molecular weight is 497 g/mol. The summed E-state index contributed by atoms with van der Waals surface area (Å²) in [7, 11) is 3.78. The number of hydrogen-bond acceptors (Lipinski definition) is 6. The van der Waals surface area contributed by atoms with E-state index in [1.807, 2.05) is 67.5 Å². The molecule has 8 heteroatoms. The normalized spacial score (nSPS) is 13.4. The van der Waals surface area contributed by atoms with Crippen molar-refractivity contribution in [3.05, 3.63) is 89.0 Å². The number of fused-ring (bicyclic) bond motifs is 2. The predicted molar refractivity (Wildman–Crippen MR) is 145 cm³/mol. The summed E-state index contributed by atoms with van der Waals surface area (Å²) < 4.78 is 0. The SMILES string of the molecule is CN(C)CC(=O)CN1CCc2cc(N=C(c3ccccc3)c3c(O)[nH]c4cc(C(=O)O)ccc34)ccc21. The number of nitrogens with zero attached hydrogens (tertiary/aromatic N) is 3. The van der Waals surface area contributed by atoms with Crippen molar-refractivity contribution >= 4 is 39.7 Å². The van der Waals surface area contributed by atoms with Crippen molar-refractivity contribution in [3.8, 4) is 5.88 Å². The minimum atomic E-state index is -1.04. The van der Waals surface area contributed by atoms with Crippen molar-refractivity contribution in [1.29, 1.82) is 0 Å². The van der Waals surface area contributed by atoms with Crippen LogP contribution in [0.25, 0.3) is 10.9 Å². The molecular weight excluding hydrogens is 468 g/mol. The summed E-state index contributed by atoms with van der Waals surface area (Å²) in [6.07, 6.45) is 0.824. The monoisotopic (exact) mass is 496 g/mol. The lowest BCUT2D eigenvalue weighted by Gasteiger charge is -2.19. The number of carbonyl (C=O) groups is 2. The van der Waals surface area contributed by atoms with Gasteiger partial charge in [0.05, 0.1) is 35.6 Å². The molecule has 1 aromatic heterocycles. The van der Waals surface area contributed by atoms with Crippen LogP contribution in [0.1, 0.15) is 27.0 Å². The Morgan fingerprint density at radius 1 is 1.03 bits per heavy atom. The van der Waals surface area contributed by atoms with Crippen molar-refractivity contribution in [2.45, 2.75) is 6.42 Å². The summed E-state index contributed by atoms with van der Waals surface area (Å²) in [5, 5.41) is 20.9. The smallest absolute Gasteiger partial charge is 0.335 e. The van der Waals surface area contributed by atoms with Gasteiger partial charge in [-0.2, -0.15) is 0 Å². The summed E-state index contributed by atoms with van der Waals surface area (Å²) in [6, 6.07) is 20.2. The van der Waals surface area contributed by atoms with Crippen LogP contribution in [0.5, 0.6) is 5.88 Å². The molecule has 0 spiro atoms. The van der Waals surface area contributed by atoms with E-state index in [4.69, 9.17) is 4.99 Å². The third-order valence-corrected chi connectivity index (χ3v) is 6.47. The van der Waals surface area contributed by atoms with Crippen LogP contribution in [0, 0.1) is 0 Å². The maximum Gasteiger partial charge on any atom is 0.335 e. The van der Waals surface area contributed by atoms with Crippen LogP contribution in [0.4, 0.5) is 11.4 Å². The van der Waals surface area contributed by atoms with Crippen LogP contribution in [0.15, 0.2) is 71.7 Å². The summed E-state index contributed by atoms with van der Waals surface area (Å²) in [6.45, 7) is 1.57. The highest BCUT2D eigenvalue weighted by Gasteiger charge is 2.23. The molecule has 0 radical (unpaired) electrons. The number of aromatic amines is 1. The second kappa shape index (κ2) is 9.91. The maximum atomic E-state index is 12.4. The molecule has 1 aliphatic rings. The summed E-state index contributed by atoms with van der Waals surface area (Å²) >= 11 is 0. The number of Topliss-reactive ketones (excluding diaryl/α,β-unsaturated/α-hetero) is 1. The first-order valence-electron chi connectivity index (χ1n) is 12.1. The molecule has 0 atom stereocenters. The zero-order valence-electron chi connectivity index (χ0n) is 20.7. The number of carboxylic acids is 1. The Bertz CT molecular complexity index is 1520. The Labute approximate surface area is 214 Å². The van der Waals surface area contributed by atoms with Gasteiger partial charge in [0.1, 0.15) is 0 Å². The van der Waals surface area contributed by atoms with Gasteiger partial charge in [0.25, 0.3) is 0 Å². The van der Waals surface area contributed by atoms with Gasteiger partial charge in [-0.15, -0.1) is 0 Å². The standard InChI is InChI=1S/C29H28N4O4/c1-32(2)16-22(34)17-33-13-12-19-14-21(9-11-25(19)33)30-27(18-6-4-3-5-7-18)26-23-10-8-20(29(36)37)15-24(23)31-28(26)35/h3-11,14-15,31,35H,12-13,16-17H2,1-2H3,(H,36,37). The van der Waals surface area contributed by atoms with Crippen molar-refractivity contribution in [3.63, 3.8) is 0 Å². The van der Waals surface area contributed by atoms with Crippen LogP contribution in [0.2, 0.25) is 0 Å². The van der Waals surface area contributed by atoms with Crippen molar-refractivity contribution in [2.75, 3.05) is 38.6 Å². The number of aromatic hydroxyl groups is 1. The highest BCUT2D eigenvalue weighted by molar-refractivity contribution is 6.22. The first kappa shape index (κ1) is 24.3. The van der Waals surface area contributed by atoms with Crippen molar-refractivity contribution in [1.82, 2.24) is 9.88 Å². The molecule has 1 aliphatic heterocycles. The molecule has 5 rings (SSSR count). The Morgan fingerprint density at radius 2 is 1.81 bits per heavy atom. The van der Waals surface area contributed by atoms with E-state index in [0.717, 1.165) is 35.5 Å². The molecule has 0 fully saturated rings. The third-order valence-electron chi connectivity index (χ3n) is 6.47. The van der Waals surface area contributed by atoms with Gasteiger partial charge in [-0.25, -0.2) is 9.79 Å². The van der Waals surface area contributed by atoms with Crippen LogP contribution in [-0.4, -0.2) is 71.3 Å². The number of rotatable bonds is 8. The first-order valence-corrected chi connectivity index (χ1v) is 12.1. The molecule has 0 amide bonds. The first-order chi connectivity index (χ1) is 17.8. The number of carbonyl (C=O) groups excluding carboxylic acids is 1. The Hall–Kier alpha value is -4.43. The predicted octanol–water partition coefficient (Wildman–Crippen LogP) is 4.23. The van der Waals surface area contributed by atoms with E-state index in [1.54, 1.807) is 6.07 Å². The number of nitrogens with one attached hydrogen (secondary N) is 1. The number of ketones is 1. The third kappa shape index (κ3) is 4.96. The fraction of sp³-hybridized carbons (Fsp3) is 0.207. The highest BCUT2D eigenvalue weighted by atomic mass is 16.4. The summed E-state index contributed by atoms with van der Waals surface area (Å²) in [5.74, 6) is -0.941. The molecule has 0 saturated heterocycles. The van der Waals surface area contributed by atoms with Gasteiger partial charge < -0.3 is 25.0 Å². The number of anilines is 1. The Kier molecular flexibility index (Phi) is 6.50. The zero-order chi connectivity index (χ0) is 26.1. The van der Waals surface area contributed by atoms with Crippen molar-refractivity contribution < 1.29 is 19.8 Å². The number of aromatic carboxylic acids is 1. The topological polar surface area (TPSA) is 109 Å². The quantitative estimate of drug-likeness (QED) is 0.315. The van der Waals surface area contributed by atoms with Crippen LogP contribution >= 0.6 is 0 Å². The van der Waals surface area contributed by atoms with Crippen LogP contribution in [0.3, 0.4) is 0 Å².